The van der Waals surface area contributed by atoms with Crippen LogP contribution < -0.4 is 10.2 Å². The standard InChI is InChI=1S/C21H25NO6S/c1-15(2)16-3-5-17(6-4-16)28-18-7-9-19(10-8-18)29(25,26)21(20(23)22-24)11-13-27-14-12-21/h3-10,15,24H,11-14H2,1-2H3,(H,22,23). The van der Waals surface area contributed by atoms with Crippen LogP contribution in [0.15, 0.2) is 53.4 Å². The fourth-order valence-electron chi connectivity index (χ4n) is 3.39. The summed E-state index contributed by atoms with van der Waals surface area (Å²) in [5.74, 6) is 0.605. The Morgan fingerprint density at radius 2 is 1.55 bits per heavy atom. The number of amides is 1. The number of carbonyl (C=O) groups excluding carboxylic acids is 1. The van der Waals surface area contributed by atoms with Crippen LogP contribution in [0.4, 0.5) is 0 Å². The van der Waals surface area contributed by atoms with Gasteiger partial charge in [0, 0.05) is 13.2 Å². The Balaban J connectivity index is 1.83. The normalized spacial score (nSPS) is 16.4. The predicted octanol–water partition coefficient (Wildman–Crippen LogP) is 3.43. The Bertz CT molecular complexity index is 946. The molecule has 7 nitrogen and oxygen atoms in total. The van der Waals surface area contributed by atoms with Gasteiger partial charge in [0.05, 0.1) is 4.90 Å². The zero-order chi connectivity index (χ0) is 21.1. The van der Waals surface area contributed by atoms with Gasteiger partial charge in [-0.3, -0.25) is 10.0 Å². The van der Waals surface area contributed by atoms with Crippen LogP contribution in [0.5, 0.6) is 11.5 Å². The third-order valence-corrected chi connectivity index (χ3v) is 7.76. The summed E-state index contributed by atoms with van der Waals surface area (Å²) in [5.41, 5.74) is 2.71. The van der Waals surface area contributed by atoms with Gasteiger partial charge >= 0.3 is 0 Å². The van der Waals surface area contributed by atoms with E-state index in [1.165, 1.54) is 23.2 Å². The molecule has 0 aromatic heterocycles. The van der Waals surface area contributed by atoms with Crippen molar-refractivity contribution in [1.29, 1.82) is 0 Å². The molecule has 0 saturated carbocycles. The Hall–Kier alpha value is -2.42. The van der Waals surface area contributed by atoms with E-state index < -0.39 is 20.5 Å². The summed E-state index contributed by atoms with van der Waals surface area (Å²) in [4.78, 5) is 12.3. The third kappa shape index (κ3) is 4.14. The van der Waals surface area contributed by atoms with Gasteiger partial charge in [0.1, 0.15) is 11.5 Å². The van der Waals surface area contributed by atoms with Crippen molar-refractivity contribution in [2.45, 2.75) is 42.2 Å². The van der Waals surface area contributed by atoms with Crippen LogP contribution in [-0.4, -0.2) is 37.5 Å². The lowest BCUT2D eigenvalue weighted by atomic mass is 9.98. The summed E-state index contributed by atoms with van der Waals surface area (Å²) < 4.78 is 35.7. The molecule has 0 atom stereocenters. The van der Waals surface area contributed by atoms with Gasteiger partial charge in [0.2, 0.25) is 0 Å². The molecule has 0 unspecified atom stereocenters. The third-order valence-electron chi connectivity index (χ3n) is 5.25. The smallest absolute Gasteiger partial charge is 0.265 e. The van der Waals surface area contributed by atoms with Crippen LogP contribution in [0.25, 0.3) is 0 Å². The molecule has 0 aliphatic carbocycles. The van der Waals surface area contributed by atoms with E-state index >= 15 is 0 Å². The molecule has 0 radical (unpaired) electrons. The molecule has 1 aliphatic heterocycles. The highest BCUT2D eigenvalue weighted by Gasteiger charge is 2.52. The van der Waals surface area contributed by atoms with Gasteiger partial charge in [0.25, 0.3) is 5.91 Å². The molecule has 0 spiro atoms. The van der Waals surface area contributed by atoms with E-state index in [1.807, 2.05) is 24.3 Å². The van der Waals surface area contributed by atoms with Gasteiger partial charge in [-0.05, 0) is 60.7 Å². The van der Waals surface area contributed by atoms with Crippen molar-refractivity contribution < 1.29 is 27.9 Å². The minimum Gasteiger partial charge on any atom is -0.457 e. The second kappa shape index (κ2) is 8.52. The van der Waals surface area contributed by atoms with E-state index in [0.717, 1.165) is 0 Å². The SMILES string of the molecule is CC(C)c1ccc(Oc2ccc(S(=O)(=O)C3(C(=O)NO)CCOCC3)cc2)cc1. The van der Waals surface area contributed by atoms with Gasteiger partial charge < -0.3 is 9.47 Å². The molecular formula is C21H25NO6S. The molecule has 1 amide bonds. The molecule has 1 fully saturated rings. The molecule has 0 bridgehead atoms. The van der Waals surface area contributed by atoms with Crippen LogP contribution in [0, 0.1) is 0 Å². The van der Waals surface area contributed by atoms with Gasteiger partial charge in [-0.2, -0.15) is 0 Å². The average molecular weight is 419 g/mol. The molecule has 2 aromatic carbocycles. The molecule has 1 heterocycles. The largest absolute Gasteiger partial charge is 0.457 e. The summed E-state index contributed by atoms with van der Waals surface area (Å²) in [6.07, 6.45) is -0.0512. The Morgan fingerprint density at radius 3 is 2.03 bits per heavy atom. The highest BCUT2D eigenvalue weighted by Crippen LogP contribution is 2.36. The molecule has 8 heteroatoms. The maximum absolute atomic E-state index is 13.2. The first-order chi connectivity index (χ1) is 13.8. The first-order valence-electron chi connectivity index (χ1n) is 9.45. The van der Waals surface area contributed by atoms with E-state index in [4.69, 9.17) is 14.7 Å². The van der Waals surface area contributed by atoms with Crippen molar-refractivity contribution in [2.24, 2.45) is 0 Å². The van der Waals surface area contributed by atoms with E-state index in [0.29, 0.717) is 17.4 Å². The number of rotatable bonds is 6. The molecule has 2 aromatic rings. The minimum absolute atomic E-state index is 0.00879. The van der Waals surface area contributed by atoms with Crippen molar-refractivity contribution in [3.05, 3.63) is 54.1 Å². The van der Waals surface area contributed by atoms with Crippen molar-refractivity contribution >= 4 is 15.7 Å². The van der Waals surface area contributed by atoms with E-state index in [-0.39, 0.29) is 31.0 Å². The first kappa shape index (κ1) is 21.3. The van der Waals surface area contributed by atoms with Crippen molar-refractivity contribution in [2.75, 3.05) is 13.2 Å². The van der Waals surface area contributed by atoms with Crippen LogP contribution in [0.1, 0.15) is 38.2 Å². The van der Waals surface area contributed by atoms with Gasteiger partial charge in [-0.1, -0.05) is 26.0 Å². The highest BCUT2D eigenvalue weighted by atomic mass is 32.2. The van der Waals surface area contributed by atoms with Gasteiger partial charge in [-0.25, -0.2) is 13.9 Å². The maximum Gasteiger partial charge on any atom is 0.265 e. The quantitative estimate of drug-likeness (QED) is 0.549. The van der Waals surface area contributed by atoms with Crippen molar-refractivity contribution in [3.8, 4) is 11.5 Å². The van der Waals surface area contributed by atoms with E-state index in [2.05, 4.69) is 13.8 Å². The Labute approximate surface area is 170 Å². The van der Waals surface area contributed by atoms with Crippen LogP contribution in [-0.2, 0) is 19.4 Å². The molecular weight excluding hydrogens is 394 g/mol. The Morgan fingerprint density at radius 1 is 1.03 bits per heavy atom. The summed E-state index contributed by atoms with van der Waals surface area (Å²) >= 11 is 0. The number of hydrogen-bond acceptors (Lipinski definition) is 6. The van der Waals surface area contributed by atoms with Crippen LogP contribution in [0.2, 0.25) is 0 Å². The summed E-state index contributed by atoms with van der Waals surface area (Å²) in [7, 11) is -4.05. The topological polar surface area (TPSA) is 102 Å². The lowest BCUT2D eigenvalue weighted by Crippen LogP contribution is -2.54. The lowest BCUT2D eigenvalue weighted by molar-refractivity contribution is -0.134. The molecule has 156 valence electrons. The van der Waals surface area contributed by atoms with Crippen molar-refractivity contribution in [3.63, 3.8) is 0 Å². The summed E-state index contributed by atoms with van der Waals surface area (Å²) in [6.45, 7) is 4.47. The van der Waals surface area contributed by atoms with Gasteiger partial charge in [0.15, 0.2) is 14.6 Å². The molecule has 29 heavy (non-hydrogen) atoms. The number of hydroxylamine groups is 1. The van der Waals surface area contributed by atoms with Gasteiger partial charge in [-0.15, -0.1) is 0 Å². The number of ether oxygens (including phenoxy) is 2. The highest BCUT2D eigenvalue weighted by molar-refractivity contribution is 7.93. The van der Waals surface area contributed by atoms with E-state index in [1.54, 1.807) is 12.1 Å². The first-order valence-corrected chi connectivity index (χ1v) is 10.9. The number of benzene rings is 2. The molecule has 2 N–H and O–H groups in total. The monoisotopic (exact) mass is 419 g/mol. The summed E-state index contributed by atoms with van der Waals surface area (Å²) in [5, 5.41) is 9.10. The minimum atomic E-state index is -4.05. The van der Waals surface area contributed by atoms with Crippen LogP contribution in [0.3, 0.4) is 0 Å². The van der Waals surface area contributed by atoms with Crippen LogP contribution >= 0.6 is 0 Å². The zero-order valence-electron chi connectivity index (χ0n) is 16.4. The average Bonchev–Trinajstić information content (AvgIpc) is 2.74. The second-order valence-electron chi connectivity index (χ2n) is 7.35. The zero-order valence-corrected chi connectivity index (χ0v) is 17.2. The van der Waals surface area contributed by atoms with Crippen molar-refractivity contribution in [1.82, 2.24) is 5.48 Å². The Kier molecular flexibility index (Phi) is 6.26. The molecule has 1 aliphatic rings. The lowest BCUT2D eigenvalue weighted by Gasteiger charge is -2.34. The predicted molar refractivity (Wildman–Crippen MR) is 107 cm³/mol. The van der Waals surface area contributed by atoms with E-state index in [9.17, 15) is 13.2 Å². The number of hydrogen-bond donors (Lipinski definition) is 2. The fourth-order valence-corrected chi connectivity index (χ4v) is 5.33. The summed E-state index contributed by atoms with van der Waals surface area (Å²) in [6, 6.07) is 13.6. The number of nitrogens with one attached hydrogen (secondary N) is 1. The molecule has 1 saturated heterocycles. The number of sulfone groups is 1. The number of carbonyl (C=O) groups is 1. The maximum atomic E-state index is 13.2. The second-order valence-corrected chi connectivity index (χ2v) is 9.61. The molecule has 3 rings (SSSR count). The fraction of sp³-hybridized carbons (Fsp3) is 0.381.